The molecule has 6 nitrogen and oxygen atoms in total. The summed E-state index contributed by atoms with van der Waals surface area (Å²) in [6.07, 6.45) is 4.75. The van der Waals surface area contributed by atoms with Crippen LogP contribution in [0.25, 0.3) is 5.95 Å². The van der Waals surface area contributed by atoms with Crippen molar-refractivity contribution in [1.29, 1.82) is 0 Å². The Labute approximate surface area is 130 Å². The molecular formula is C15H10ClN5O. The second kappa shape index (κ2) is 5.84. The summed E-state index contributed by atoms with van der Waals surface area (Å²) >= 11 is 5.81. The Morgan fingerprint density at radius 3 is 2.82 bits per heavy atom. The van der Waals surface area contributed by atoms with Crippen LogP contribution in [0.15, 0.2) is 41.6 Å². The number of rotatable bonds is 1. The van der Waals surface area contributed by atoms with E-state index in [2.05, 4.69) is 31.8 Å². The second-order valence-electron chi connectivity index (χ2n) is 4.42. The minimum Gasteiger partial charge on any atom is -0.292 e. The van der Waals surface area contributed by atoms with E-state index in [0.29, 0.717) is 22.6 Å². The van der Waals surface area contributed by atoms with Gasteiger partial charge in [-0.2, -0.15) is 0 Å². The van der Waals surface area contributed by atoms with Gasteiger partial charge in [0.25, 0.3) is 5.56 Å². The van der Waals surface area contributed by atoms with E-state index >= 15 is 0 Å². The summed E-state index contributed by atoms with van der Waals surface area (Å²) in [7, 11) is 0. The molecule has 0 aliphatic heterocycles. The maximum Gasteiger partial charge on any atom is 0.252 e. The highest BCUT2D eigenvalue weighted by Crippen LogP contribution is 2.08. The molecule has 7 heteroatoms. The minimum absolute atomic E-state index is 0.225. The summed E-state index contributed by atoms with van der Waals surface area (Å²) in [5.41, 5.74) is 1.09. The second-order valence-corrected chi connectivity index (χ2v) is 4.81. The van der Waals surface area contributed by atoms with Gasteiger partial charge in [-0.05, 0) is 25.0 Å². The smallest absolute Gasteiger partial charge is 0.252 e. The molecule has 3 aromatic rings. The molecule has 0 aromatic carbocycles. The molecule has 22 heavy (non-hydrogen) atoms. The highest BCUT2D eigenvalue weighted by atomic mass is 35.5. The number of aromatic nitrogens is 5. The van der Waals surface area contributed by atoms with Gasteiger partial charge in [0.15, 0.2) is 0 Å². The first-order valence-electron chi connectivity index (χ1n) is 6.37. The van der Waals surface area contributed by atoms with Gasteiger partial charge in [-0.15, -0.1) is 0 Å². The van der Waals surface area contributed by atoms with Crippen LogP contribution in [0.1, 0.15) is 17.1 Å². The first-order chi connectivity index (χ1) is 10.6. The number of aromatic amines is 1. The van der Waals surface area contributed by atoms with E-state index in [0.717, 1.165) is 5.56 Å². The molecule has 0 unspecified atom stereocenters. The monoisotopic (exact) mass is 311 g/mol. The standard InChI is InChI=1S/C15H10ClN5O/c1-10-19-12(3-2-11-4-6-17-13(16)8-11)9-21(10)15-18-7-5-14(22)20-15/h4-9H,1H3,(H,18,20,22). The van der Waals surface area contributed by atoms with Crippen LogP contribution in [0.2, 0.25) is 5.15 Å². The van der Waals surface area contributed by atoms with Crippen molar-refractivity contribution in [2.75, 3.05) is 0 Å². The number of aryl methyl sites for hydroxylation is 1. The summed E-state index contributed by atoms with van der Waals surface area (Å²) in [6.45, 7) is 1.81. The van der Waals surface area contributed by atoms with Crippen molar-refractivity contribution in [2.45, 2.75) is 6.92 Å². The molecule has 0 aliphatic carbocycles. The van der Waals surface area contributed by atoms with Crippen molar-refractivity contribution in [2.24, 2.45) is 0 Å². The zero-order valence-electron chi connectivity index (χ0n) is 11.5. The number of H-pyrrole nitrogens is 1. The van der Waals surface area contributed by atoms with Crippen LogP contribution >= 0.6 is 11.6 Å². The molecule has 0 radical (unpaired) electrons. The maximum absolute atomic E-state index is 11.3. The number of pyridine rings is 1. The van der Waals surface area contributed by atoms with Crippen molar-refractivity contribution in [3.63, 3.8) is 0 Å². The fraction of sp³-hybridized carbons (Fsp3) is 0.0667. The molecule has 3 rings (SSSR count). The summed E-state index contributed by atoms with van der Waals surface area (Å²) in [5, 5.41) is 0.388. The molecular weight excluding hydrogens is 302 g/mol. The Balaban J connectivity index is 1.95. The normalized spacial score (nSPS) is 10.1. The first kappa shape index (κ1) is 14.0. The zero-order valence-corrected chi connectivity index (χ0v) is 12.3. The van der Waals surface area contributed by atoms with Gasteiger partial charge in [-0.1, -0.05) is 17.5 Å². The fourth-order valence-corrected chi connectivity index (χ4v) is 2.02. The molecule has 0 fully saturated rings. The number of imidazole rings is 1. The highest BCUT2D eigenvalue weighted by Gasteiger charge is 2.06. The molecule has 0 atom stereocenters. The zero-order chi connectivity index (χ0) is 15.5. The lowest BCUT2D eigenvalue weighted by molar-refractivity contribution is 0.872. The van der Waals surface area contributed by atoms with Crippen LogP contribution in [-0.2, 0) is 0 Å². The highest BCUT2D eigenvalue weighted by molar-refractivity contribution is 6.29. The van der Waals surface area contributed by atoms with Crippen molar-refractivity contribution in [3.8, 4) is 17.8 Å². The van der Waals surface area contributed by atoms with Gasteiger partial charge in [0.2, 0.25) is 5.95 Å². The molecule has 0 saturated heterocycles. The molecule has 0 saturated carbocycles. The van der Waals surface area contributed by atoms with E-state index in [9.17, 15) is 4.79 Å². The lowest BCUT2D eigenvalue weighted by Gasteiger charge is -2.00. The first-order valence-corrected chi connectivity index (χ1v) is 6.75. The minimum atomic E-state index is -0.225. The Morgan fingerprint density at radius 2 is 2.05 bits per heavy atom. The van der Waals surface area contributed by atoms with Gasteiger partial charge in [0, 0.05) is 30.2 Å². The van der Waals surface area contributed by atoms with Gasteiger partial charge >= 0.3 is 0 Å². The Morgan fingerprint density at radius 1 is 1.23 bits per heavy atom. The molecule has 0 aliphatic rings. The van der Waals surface area contributed by atoms with E-state index < -0.39 is 0 Å². The molecule has 1 N–H and O–H groups in total. The number of nitrogens with zero attached hydrogens (tertiary/aromatic N) is 4. The van der Waals surface area contributed by atoms with Gasteiger partial charge in [0.05, 0.1) is 0 Å². The summed E-state index contributed by atoms with van der Waals surface area (Å²) in [6, 6.07) is 4.79. The van der Waals surface area contributed by atoms with E-state index in [1.807, 2.05) is 6.92 Å². The average molecular weight is 312 g/mol. The van der Waals surface area contributed by atoms with Gasteiger partial charge in [0.1, 0.15) is 16.7 Å². The van der Waals surface area contributed by atoms with E-state index in [1.54, 1.807) is 29.1 Å². The lowest BCUT2D eigenvalue weighted by atomic mass is 10.3. The predicted molar refractivity (Wildman–Crippen MR) is 81.9 cm³/mol. The summed E-state index contributed by atoms with van der Waals surface area (Å²) in [4.78, 5) is 26.3. The molecule has 0 bridgehead atoms. The van der Waals surface area contributed by atoms with Crippen LogP contribution in [0.3, 0.4) is 0 Å². The largest absolute Gasteiger partial charge is 0.292 e. The third kappa shape index (κ3) is 3.05. The Hall–Kier alpha value is -2.91. The summed E-state index contributed by atoms with van der Waals surface area (Å²) in [5.74, 6) is 6.98. The van der Waals surface area contributed by atoms with Crippen LogP contribution in [-0.4, -0.2) is 24.5 Å². The van der Waals surface area contributed by atoms with Crippen LogP contribution in [0.5, 0.6) is 0 Å². The lowest BCUT2D eigenvalue weighted by Crippen LogP contribution is -2.11. The third-order valence-corrected chi connectivity index (χ3v) is 3.04. The van der Waals surface area contributed by atoms with Crippen molar-refractivity contribution >= 4 is 11.6 Å². The third-order valence-electron chi connectivity index (χ3n) is 2.83. The molecule has 0 amide bonds. The number of nitrogens with one attached hydrogen (secondary N) is 1. The predicted octanol–water partition coefficient (Wildman–Crippen LogP) is 1.71. The van der Waals surface area contributed by atoms with Crippen LogP contribution in [0.4, 0.5) is 0 Å². The maximum atomic E-state index is 11.3. The molecule has 3 aromatic heterocycles. The Kier molecular flexibility index (Phi) is 3.73. The molecule has 108 valence electrons. The quantitative estimate of drug-likeness (QED) is 0.548. The van der Waals surface area contributed by atoms with Gasteiger partial charge < -0.3 is 0 Å². The van der Waals surface area contributed by atoms with Gasteiger partial charge in [-0.25, -0.2) is 15.0 Å². The van der Waals surface area contributed by atoms with E-state index in [4.69, 9.17) is 11.6 Å². The molecule has 3 heterocycles. The fourth-order valence-electron chi connectivity index (χ4n) is 1.85. The summed E-state index contributed by atoms with van der Waals surface area (Å²) < 4.78 is 1.67. The average Bonchev–Trinajstić information content (AvgIpc) is 2.86. The number of hydrogen-bond acceptors (Lipinski definition) is 4. The number of hydrogen-bond donors (Lipinski definition) is 1. The van der Waals surface area contributed by atoms with Crippen molar-refractivity contribution < 1.29 is 0 Å². The molecule has 0 spiro atoms. The Bertz CT molecular complexity index is 948. The number of halogens is 1. The van der Waals surface area contributed by atoms with E-state index in [1.165, 1.54) is 12.3 Å². The van der Waals surface area contributed by atoms with E-state index in [-0.39, 0.29) is 5.56 Å². The van der Waals surface area contributed by atoms with Crippen molar-refractivity contribution in [1.82, 2.24) is 24.5 Å². The van der Waals surface area contributed by atoms with Crippen LogP contribution < -0.4 is 5.56 Å². The SMILES string of the molecule is Cc1nc(C#Cc2ccnc(Cl)c2)cn1-c1nccc(=O)[nH]1. The van der Waals surface area contributed by atoms with Crippen LogP contribution in [0, 0.1) is 18.8 Å². The van der Waals surface area contributed by atoms with Crippen molar-refractivity contribution in [3.05, 3.63) is 69.4 Å². The topological polar surface area (TPSA) is 76.5 Å². The van der Waals surface area contributed by atoms with Gasteiger partial charge in [-0.3, -0.25) is 14.3 Å².